The second-order valence-electron chi connectivity index (χ2n) is 6.41. The molecule has 0 unspecified atom stereocenters. The Morgan fingerprint density at radius 1 is 1.32 bits per heavy atom. The summed E-state index contributed by atoms with van der Waals surface area (Å²) in [4.78, 5) is 12.3. The summed E-state index contributed by atoms with van der Waals surface area (Å²) in [5.41, 5.74) is 0.0359. The molecule has 0 bridgehead atoms. The van der Waals surface area contributed by atoms with Crippen molar-refractivity contribution in [1.29, 1.82) is 0 Å². The van der Waals surface area contributed by atoms with Crippen molar-refractivity contribution in [1.82, 2.24) is 5.32 Å². The van der Waals surface area contributed by atoms with E-state index in [4.69, 9.17) is 14.2 Å². The Kier molecular flexibility index (Phi) is 3.97. The highest BCUT2D eigenvalue weighted by Crippen LogP contribution is 2.43. The number of hydrogen-bond donors (Lipinski definition) is 1. The molecule has 2 fully saturated rings. The highest BCUT2D eigenvalue weighted by molar-refractivity contribution is 5.94. The van der Waals surface area contributed by atoms with Gasteiger partial charge < -0.3 is 19.5 Å². The minimum Gasteiger partial charge on any atom is -0.372 e. The molecular formula is C17H23NO4. The Labute approximate surface area is 130 Å². The number of carbonyl (C=O) groups is 1. The summed E-state index contributed by atoms with van der Waals surface area (Å²) < 4.78 is 17.9. The van der Waals surface area contributed by atoms with E-state index >= 15 is 0 Å². The van der Waals surface area contributed by atoms with Crippen molar-refractivity contribution in [3.05, 3.63) is 35.9 Å². The minimum absolute atomic E-state index is 0.00963. The molecule has 1 amide bonds. The first-order valence-corrected chi connectivity index (χ1v) is 7.79. The van der Waals surface area contributed by atoms with Crippen LogP contribution in [0.15, 0.2) is 30.3 Å². The van der Waals surface area contributed by atoms with Gasteiger partial charge in [0.2, 0.25) is 0 Å². The van der Waals surface area contributed by atoms with Crippen LogP contribution in [-0.2, 0) is 14.2 Å². The summed E-state index contributed by atoms with van der Waals surface area (Å²) in [6.45, 7) is 6.69. The summed E-state index contributed by atoms with van der Waals surface area (Å²) >= 11 is 0. The average molecular weight is 305 g/mol. The molecular weight excluding hydrogens is 282 g/mol. The van der Waals surface area contributed by atoms with E-state index in [1.165, 1.54) is 0 Å². The molecule has 2 saturated heterocycles. The van der Waals surface area contributed by atoms with Gasteiger partial charge in [-0.15, -0.1) is 0 Å². The highest BCUT2D eigenvalue weighted by Gasteiger charge is 2.60. The number of nitrogens with one attached hydrogen (secondary N) is 1. The molecule has 120 valence electrons. The average Bonchev–Trinajstić information content (AvgIpc) is 2.96. The van der Waals surface area contributed by atoms with Gasteiger partial charge in [-0.25, -0.2) is 0 Å². The topological polar surface area (TPSA) is 56.8 Å². The van der Waals surface area contributed by atoms with Crippen LogP contribution in [0.3, 0.4) is 0 Å². The molecule has 0 saturated carbocycles. The molecule has 0 radical (unpaired) electrons. The Morgan fingerprint density at radius 3 is 2.73 bits per heavy atom. The van der Waals surface area contributed by atoms with Crippen LogP contribution >= 0.6 is 0 Å². The maximum atomic E-state index is 12.3. The van der Waals surface area contributed by atoms with Crippen LogP contribution < -0.4 is 5.32 Å². The fraction of sp³-hybridized carbons (Fsp3) is 0.588. The largest absolute Gasteiger partial charge is 0.372 e. The molecule has 2 aliphatic rings. The first-order valence-electron chi connectivity index (χ1n) is 7.79. The maximum Gasteiger partial charge on any atom is 0.251 e. The molecule has 0 aromatic heterocycles. The van der Waals surface area contributed by atoms with E-state index in [2.05, 4.69) is 12.2 Å². The lowest BCUT2D eigenvalue weighted by Crippen LogP contribution is -2.51. The molecule has 0 aliphatic carbocycles. The van der Waals surface area contributed by atoms with Gasteiger partial charge in [-0.2, -0.15) is 0 Å². The fourth-order valence-corrected chi connectivity index (χ4v) is 3.29. The summed E-state index contributed by atoms with van der Waals surface area (Å²) in [7, 11) is 0. The quantitative estimate of drug-likeness (QED) is 0.926. The van der Waals surface area contributed by atoms with Crippen molar-refractivity contribution in [3.63, 3.8) is 0 Å². The van der Waals surface area contributed by atoms with Crippen molar-refractivity contribution in [2.24, 2.45) is 0 Å². The normalized spacial score (nSPS) is 32.7. The molecule has 2 aliphatic heterocycles. The standard InChI is InChI=1S/C17H23NO4/c1-4-13-14-17(11-20-13,22-16(2,3)21-14)10-18-15(19)12-8-6-5-7-9-12/h5-9,13-14H,4,10-11H2,1-3H3,(H,18,19)/t13-,14-,17+/m1/s1. The lowest BCUT2D eigenvalue weighted by atomic mass is 9.95. The van der Waals surface area contributed by atoms with Crippen molar-refractivity contribution >= 4 is 5.91 Å². The van der Waals surface area contributed by atoms with Gasteiger partial charge in [-0.05, 0) is 32.4 Å². The van der Waals surface area contributed by atoms with Crippen LogP contribution in [0.5, 0.6) is 0 Å². The number of carbonyl (C=O) groups excluding carboxylic acids is 1. The number of fused-ring (bicyclic) bond motifs is 1. The smallest absolute Gasteiger partial charge is 0.251 e. The van der Waals surface area contributed by atoms with Gasteiger partial charge in [0, 0.05) is 5.56 Å². The summed E-state index contributed by atoms with van der Waals surface area (Å²) in [6, 6.07) is 9.17. The van der Waals surface area contributed by atoms with Gasteiger partial charge in [-0.1, -0.05) is 25.1 Å². The Morgan fingerprint density at radius 2 is 2.05 bits per heavy atom. The zero-order chi connectivity index (χ0) is 15.8. The number of amides is 1. The van der Waals surface area contributed by atoms with Gasteiger partial charge in [0.05, 0.1) is 19.3 Å². The van der Waals surface area contributed by atoms with E-state index < -0.39 is 11.4 Å². The minimum atomic E-state index is -0.653. The molecule has 3 atom stereocenters. The fourth-order valence-electron chi connectivity index (χ4n) is 3.29. The van der Waals surface area contributed by atoms with Crippen molar-refractivity contribution in [2.75, 3.05) is 13.2 Å². The van der Waals surface area contributed by atoms with Crippen molar-refractivity contribution in [2.45, 2.75) is 50.8 Å². The third-order valence-electron chi connectivity index (χ3n) is 4.24. The lowest BCUT2D eigenvalue weighted by molar-refractivity contribution is -0.189. The predicted octanol–water partition coefficient (Wildman–Crippen LogP) is 2.12. The van der Waals surface area contributed by atoms with Gasteiger partial charge in [0.25, 0.3) is 5.91 Å². The molecule has 5 nitrogen and oxygen atoms in total. The number of hydrogen-bond acceptors (Lipinski definition) is 4. The van der Waals surface area contributed by atoms with Crippen molar-refractivity contribution < 1.29 is 19.0 Å². The van der Waals surface area contributed by atoms with E-state index in [9.17, 15) is 4.79 Å². The molecule has 1 aromatic carbocycles. The Hall–Kier alpha value is -1.43. The Balaban J connectivity index is 1.71. The summed E-state index contributed by atoms with van der Waals surface area (Å²) in [5, 5.41) is 2.96. The summed E-state index contributed by atoms with van der Waals surface area (Å²) in [5.74, 6) is -0.763. The van der Waals surface area contributed by atoms with Crippen LogP contribution in [0.25, 0.3) is 0 Å². The van der Waals surface area contributed by atoms with Gasteiger partial charge >= 0.3 is 0 Å². The second-order valence-corrected chi connectivity index (χ2v) is 6.41. The zero-order valence-corrected chi connectivity index (χ0v) is 13.3. The molecule has 22 heavy (non-hydrogen) atoms. The van der Waals surface area contributed by atoms with E-state index in [0.29, 0.717) is 18.7 Å². The van der Waals surface area contributed by atoms with Crippen LogP contribution in [0.1, 0.15) is 37.6 Å². The van der Waals surface area contributed by atoms with E-state index in [1.54, 1.807) is 12.1 Å². The van der Waals surface area contributed by atoms with E-state index in [1.807, 2.05) is 32.0 Å². The Bertz CT molecular complexity index is 545. The SMILES string of the molecule is CC[C@H]1OC[C@]2(CNC(=O)c3ccccc3)OC(C)(C)O[C@H]12. The van der Waals surface area contributed by atoms with Gasteiger partial charge in [0.1, 0.15) is 11.7 Å². The molecule has 1 N–H and O–H groups in total. The third-order valence-corrected chi connectivity index (χ3v) is 4.24. The molecule has 3 rings (SSSR count). The molecule has 1 aromatic rings. The number of rotatable bonds is 4. The number of benzene rings is 1. The van der Waals surface area contributed by atoms with E-state index in [-0.39, 0.29) is 18.1 Å². The van der Waals surface area contributed by atoms with Crippen LogP contribution in [0.4, 0.5) is 0 Å². The van der Waals surface area contributed by atoms with Gasteiger partial charge in [0.15, 0.2) is 5.79 Å². The summed E-state index contributed by atoms with van der Waals surface area (Å²) in [6.07, 6.45) is 0.720. The number of ether oxygens (including phenoxy) is 3. The maximum absolute atomic E-state index is 12.3. The zero-order valence-electron chi connectivity index (χ0n) is 13.3. The van der Waals surface area contributed by atoms with Crippen molar-refractivity contribution in [3.8, 4) is 0 Å². The highest BCUT2D eigenvalue weighted by atomic mass is 16.8. The van der Waals surface area contributed by atoms with Crippen LogP contribution in [0.2, 0.25) is 0 Å². The van der Waals surface area contributed by atoms with Crippen LogP contribution in [0, 0.1) is 0 Å². The molecule has 0 spiro atoms. The lowest BCUT2D eigenvalue weighted by Gasteiger charge is -2.27. The van der Waals surface area contributed by atoms with Gasteiger partial charge in [-0.3, -0.25) is 4.79 Å². The second kappa shape index (κ2) is 5.65. The first-order chi connectivity index (χ1) is 10.5. The third kappa shape index (κ3) is 2.76. The molecule has 2 heterocycles. The molecule has 5 heteroatoms. The first kappa shape index (κ1) is 15.5. The van der Waals surface area contributed by atoms with E-state index in [0.717, 1.165) is 6.42 Å². The monoisotopic (exact) mass is 305 g/mol. The van der Waals surface area contributed by atoms with Crippen LogP contribution in [-0.4, -0.2) is 42.7 Å². The predicted molar refractivity (Wildman–Crippen MR) is 81.6 cm³/mol.